The minimum absolute atomic E-state index is 0.0388. The molecule has 0 saturated heterocycles. The van der Waals surface area contributed by atoms with E-state index in [4.69, 9.17) is 7.85 Å². The Labute approximate surface area is 237 Å². The monoisotopic (exact) mass is 530 g/mol. The van der Waals surface area contributed by atoms with Crippen molar-refractivity contribution >= 4 is 45.6 Å². The van der Waals surface area contributed by atoms with Gasteiger partial charge in [-0.3, -0.25) is 0 Å². The van der Waals surface area contributed by atoms with Gasteiger partial charge < -0.3 is 20.4 Å². The van der Waals surface area contributed by atoms with E-state index in [0.717, 1.165) is 43.8 Å². The predicted molar refractivity (Wildman–Crippen MR) is 167 cm³/mol. The van der Waals surface area contributed by atoms with Crippen LogP contribution in [-0.4, -0.2) is 28.3 Å². The number of phenols is 4. The van der Waals surface area contributed by atoms with Crippen molar-refractivity contribution in [3.63, 3.8) is 0 Å². The highest BCUT2D eigenvalue weighted by Crippen LogP contribution is 2.52. The number of rotatable bonds is 3. The number of phenolic OH excluding ortho intramolecular Hbond substituents is 4. The van der Waals surface area contributed by atoms with Gasteiger partial charge in [0.05, 0.1) is 5.56 Å². The summed E-state index contributed by atoms with van der Waals surface area (Å²) in [5.41, 5.74) is 4.34. The second-order valence-electron chi connectivity index (χ2n) is 10.1. The second-order valence-corrected chi connectivity index (χ2v) is 10.1. The van der Waals surface area contributed by atoms with Crippen LogP contribution in [0.2, 0.25) is 0 Å². The fraction of sp³-hybridized carbons (Fsp3) is 0. The molecular weight excluding hydrogens is 507 g/mol. The molecule has 0 heterocycles. The van der Waals surface area contributed by atoms with Crippen LogP contribution in [0.3, 0.4) is 0 Å². The Balaban J connectivity index is 1.51. The first-order valence-electron chi connectivity index (χ1n) is 13.2. The molecule has 5 heteroatoms. The number of hydrogen-bond acceptors (Lipinski definition) is 4. The lowest BCUT2D eigenvalue weighted by Crippen LogP contribution is -2.06. The van der Waals surface area contributed by atoms with Crippen molar-refractivity contribution in [3.8, 4) is 56.4 Å². The lowest BCUT2D eigenvalue weighted by atomic mass is 9.82. The largest absolute Gasteiger partial charge is 0.508 e. The van der Waals surface area contributed by atoms with E-state index >= 15 is 0 Å². The molecule has 7 aromatic rings. The third-order valence-corrected chi connectivity index (χ3v) is 7.89. The van der Waals surface area contributed by atoms with Crippen molar-refractivity contribution in [1.82, 2.24) is 0 Å². The summed E-state index contributed by atoms with van der Waals surface area (Å²) in [6.45, 7) is 0. The number of fused-ring (bicyclic) bond motifs is 3. The average molecular weight is 530 g/mol. The summed E-state index contributed by atoms with van der Waals surface area (Å²) in [7, 11) is 5.92. The maximum Gasteiger partial charge on any atom is 0.200 e. The van der Waals surface area contributed by atoms with E-state index in [2.05, 4.69) is 60.7 Å². The van der Waals surface area contributed by atoms with Crippen molar-refractivity contribution in [2.75, 3.05) is 0 Å². The molecule has 4 nitrogen and oxygen atoms in total. The third-order valence-electron chi connectivity index (χ3n) is 7.89. The smallest absolute Gasteiger partial charge is 0.200 e. The van der Waals surface area contributed by atoms with Gasteiger partial charge in [0.15, 0.2) is 11.5 Å². The van der Waals surface area contributed by atoms with E-state index in [1.807, 2.05) is 54.6 Å². The summed E-state index contributed by atoms with van der Waals surface area (Å²) in [5, 5.41) is 48.1. The molecule has 0 aliphatic rings. The van der Waals surface area contributed by atoms with Gasteiger partial charge in [-0.1, -0.05) is 115 Å². The van der Waals surface area contributed by atoms with Crippen molar-refractivity contribution in [1.29, 1.82) is 0 Å². The van der Waals surface area contributed by atoms with Crippen LogP contribution >= 0.6 is 0 Å². The van der Waals surface area contributed by atoms with Gasteiger partial charge >= 0.3 is 0 Å². The molecule has 0 amide bonds. The average Bonchev–Trinajstić information content (AvgIpc) is 3.02. The van der Waals surface area contributed by atoms with Gasteiger partial charge in [-0.25, -0.2) is 0 Å². The maximum atomic E-state index is 11.0. The molecule has 0 unspecified atom stereocenters. The third kappa shape index (κ3) is 3.70. The minimum Gasteiger partial charge on any atom is -0.508 e. The van der Waals surface area contributed by atoms with Crippen LogP contribution < -0.4 is 5.46 Å². The van der Waals surface area contributed by atoms with Crippen molar-refractivity contribution in [2.24, 2.45) is 0 Å². The lowest BCUT2D eigenvalue weighted by molar-refractivity contribution is 0.366. The van der Waals surface area contributed by atoms with Crippen LogP contribution in [0.5, 0.6) is 23.0 Å². The standard InChI is InChI=1S/C36H23BO4/c37-32-33(38)31(34(39)36(41)35(32)40)30-27-13-5-3-11-25(27)29(26-12-4-6-14-28(26)30)22-18-16-21(17-19-22)24-15-7-9-20-8-1-2-10-23(20)24/h1-19,38-41H. The SMILES string of the molecule is [B]c1c(O)c(O)c(O)c(-c2c3ccccc3c(-c3ccc(-c4cccc5ccccc45)cc3)c3ccccc23)c1O. The fourth-order valence-electron chi connectivity index (χ4n) is 5.96. The zero-order valence-electron chi connectivity index (χ0n) is 21.8. The van der Waals surface area contributed by atoms with E-state index in [1.165, 1.54) is 10.8 Å². The highest BCUT2D eigenvalue weighted by Gasteiger charge is 2.26. The molecule has 4 N–H and O–H groups in total. The summed E-state index contributed by atoms with van der Waals surface area (Å²) in [6, 6.07) is 38.6. The Morgan fingerprint density at radius 2 is 0.854 bits per heavy atom. The normalized spacial score (nSPS) is 11.4. The van der Waals surface area contributed by atoms with E-state index in [1.54, 1.807) is 0 Å². The van der Waals surface area contributed by atoms with Crippen LogP contribution in [-0.2, 0) is 0 Å². The van der Waals surface area contributed by atoms with E-state index in [0.29, 0.717) is 5.56 Å². The molecule has 0 bridgehead atoms. The molecular formula is C36H23BO4. The van der Waals surface area contributed by atoms with Crippen molar-refractivity contribution in [3.05, 3.63) is 115 Å². The van der Waals surface area contributed by atoms with Crippen molar-refractivity contribution in [2.45, 2.75) is 0 Å². The Bertz CT molecular complexity index is 2060. The molecule has 0 aliphatic carbocycles. The van der Waals surface area contributed by atoms with Crippen LogP contribution in [0.15, 0.2) is 115 Å². The van der Waals surface area contributed by atoms with Crippen LogP contribution in [0, 0.1) is 0 Å². The quantitative estimate of drug-likeness (QED) is 0.0815. The summed E-state index contributed by atoms with van der Waals surface area (Å²) >= 11 is 0. The van der Waals surface area contributed by atoms with Gasteiger partial charge in [-0.2, -0.15) is 0 Å². The van der Waals surface area contributed by atoms with Crippen LogP contribution in [0.25, 0.3) is 65.7 Å². The van der Waals surface area contributed by atoms with Crippen molar-refractivity contribution < 1.29 is 20.4 Å². The van der Waals surface area contributed by atoms with E-state index < -0.39 is 28.5 Å². The van der Waals surface area contributed by atoms with E-state index in [9.17, 15) is 20.4 Å². The summed E-state index contributed by atoms with van der Waals surface area (Å²) in [4.78, 5) is 0. The zero-order valence-corrected chi connectivity index (χ0v) is 21.8. The molecule has 0 saturated carbocycles. The molecule has 0 fully saturated rings. The zero-order chi connectivity index (χ0) is 28.2. The maximum absolute atomic E-state index is 11.0. The molecule has 0 atom stereocenters. The van der Waals surface area contributed by atoms with Gasteiger partial charge in [-0.15, -0.1) is 0 Å². The first-order chi connectivity index (χ1) is 20.0. The highest BCUT2D eigenvalue weighted by atomic mass is 16.3. The Morgan fingerprint density at radius 3 is 1.46 bits per heavy atom. The first kappa shape index (κ1) is 24.6. The topological polar surface area (TPSA) is 80.9 Å². The Morgan fingerprint density at radius 1 is 0.366 bits per heavy atom. The Kier molecular flexibility index (Phi) is 5.61. The number of benzene rings is 7. The first-order valence-corrected chi connectivity index (χ1v) is 13.2. The fourth-order valence-corrected chi connectivity index (χ4v) is 5.96. The van der Waals surface area contributed by atoms with Gasteiger partial charge in [0, 0.05) is 5.56 Å². The van der Waals surface area contributed by atoms with Gasteiger partial charge in [0.1, 0.15) is 13.6 Å². The molecule has 7 aromatic carbocycles. The molecule has 0 spiro atoms. The molecule has 7 rings (SSSR count). The molecule has 0 aliphatic heterocycles. The summed E-state index contributed by atoms with van der Waals surface area (Å²) in [5.74, 6) is -2.69. The second kappa shape index (κ2) is 9.35. The lowest BCUT2D eigenvalue weighted by Gasteiger charge is -2.20. The van der Waals surface area contributed by atoms with Gasteiger partial charge in [0.25, 0.3) is 0 Å². The summed E-state index contributed by atoms with van der Waals surface area (Å²) < 4.78 is 0. The highest BCUT2D eigenvalue weighted by molar-refractivity contribution is 6.38. The van der Waals surface area contributed by atoms with Crippen LogP contribution in [0.4, 0.5) is 0 Å². The molecule has 2 radical (unpaired) electrons. The summed E-state index contributed by atoms with van der Waals surface area (Å²) in [6.07, 6.45) is 0. The molecule has 0 aromatic heterocycles. The van der Waals surface area contributed by atoms with Crippen LogP contribution in [0.1, 0.15) is 0 Å². The van der Waals surface area contributed by atoms with Gasteiger partial charge in [-0.05, 0) is 60.0 Å². The number of aromatic hydroxyl groups is 4. The minimum atomic E-state index is -0.781. The number of hydrogen-bond donors (Lipinski definition) is 4. The Hall–Kier alpha value is -5.42. The van der Waals surface area contributed by atoms with Gasteiger partial charge in [0.2, 0.25) is 5.75 Å². The van der Waals surface area contributed by atoms with E-state index in [-0.39, 0.29) is 5.56 Å². The molecule has 41 heavy (non-hydrogen) atoms. The molecule has 194 valence electrons. The predicted octanol–water partition coefficient (Wildman–Crippen LogP) is 7.76.